The van der Waals surface area contributed by atoms with Gasteiger partial charge in [0.25, 0.3) is 5.91 Å². The molecule has 372 valence electrons. The fraction of sp³-hybridized carbons (Fsp3) is 0.480. The van der Waals surface area contributed by atoms with Gasteiger partial charge in [0, 0.05) is 77.2 Å². The number of pyridine rings is 2. The SMILES string of the molecule is CCn1cnnc1-c1cccc(N2Cc3c(cc(N(C)C(C)C)nc3CNCCNC(=O)CCCC(=O)N[C@H](C(=O)N3C[C@H](O)C[C@H]3C(=O)NCc3ccc(-c4scnc4C)cc3)C(C)(C)C)C2=O)n1. The lowest BCUT2D eigenvalue weighted by molar-refractivity contribution is -0.144. The first-order chi connectivity index (χ1) is 33.4. The van der Waals surface area contributed by atoms with Crippen molar-refractivity contribution in [3.63, 3.8) is 0 Å². The van der Waals surface area contributed by atoms with Gasteiger partial charge < -0.3 is 40.7 Å². The molecule has 0 radical (unpaired) electrons. The van der Waals surface area contributed by atoms with Gasteiger partial charge in [-0.1, -0.05) is 51.1 Å². The molecule has 0 unspecified atom stereocenters. The summed E-state index contributed by atoms with van der Waals surface area (Å²) < 4.78 is 1.89. The summed E-state index contributed by atoms with van der Waals surface area (Å²) in [6.45, 7) is 15.8. The highest BCUT2D eigenvalue weighted by atomic mass is 32.1. The van der Waals surface area contributed by atoms with Crippen LogP contribution in [0, 0.1) is 12.3 Å². The topological polar surface area (TPSA) is 233 Å². The van der Waals surface area contributed by atoms with Crippen molar-refractivity contribution >= 4 is 52.5 Å². The van der Waals surface area contributed by atoms with Crippen LogP contribution in [0.4, 0.5) is 11.6 Å². The number of aryl methyl sites for hydroxylation is 2. The quantitative estimate of drug-likeness (QED) is 0.0683. The zero-order valence-electron chi connectivity index (χ0n) is 41.3. The Balaban J connectivity index is 0.874. The average Bonchev–Trinajstić information content (AvgIpc) is 4.15. The number of aliphatic hydroxyl groups excluding tert-OH is 1. The number of nitrogens with one attached hydrogen (secondary N) is 4. The molecular formula is C50H65N13O6S. The predicted octanol–water partition coefficient (Wildman–Crippen LogP) is 4.38. The Morgan fingerprint density at radius 2 is 1.74 bits per heavy atom. The third kappa shape index (κ3) is 12.0. The number of hydrogen-bond donors (Lipinski definition) is 5. The van der Waals surface area contributed by atoms with Crippen molar-refractivity contribution in [2.24, 2.45) is 5.41 Å². The number of benzene rings is 1. The van der Waals surface area contributed by atoms with E-state index in [4.69, 9.17) is 9.97 Å². The highest BCUT2D eigenvalue weighted by Gasteiger charge is 2.44. The highest BCUT2D eigenvalue weighted by Crippen LogP contribution is 2.33. The molecule has 2 aliphatic heterocycles. The molecule has 4 aromatic heterocycles. The normalized spacial score (nSPS) is 16.1. The maximum Gasteiger partial charge on any atom is 0.260 e. The second-order valence-electron chi connectivity index (χ2n) is 19.2. The molecule has 3 atom stereocenters. The van der Waals surface area contributed by atoms with Crippen molar-refractivity contribution in [1.82, 2.24) is 55.9 Å². The zero-order chi connectivity index (χ0) is 50.3. The lowest BCUT2D eigenvalue weighted by Crippen LogP contribution is -2.57. The lowest BCUT2D eigenvalue weighted by Gasteiger charge is -2.35. The van der Waals surface area contributed by atoms with E-state index in [1.165, 1.54) is 4.90 Å². The third-order valence-corrected chi connectivity index (χ3v) is 13.7. The fourth-order valence-electron chi connectivity index (χ4n) is 8.52. The molecule has 5 aromatic rings. The van der Waals surface area contributed by atoms with E-state index in [0.29, 0.717) is 61.4 Å². The second kappa shape index (κ2) is 22.4. The number of aliphatic hydroxyl groups is 1. The van der Waals surface area contributed by atoms with Crippen LogP contribution in [0.15, 0.2) is 60.4 Å². The lowest BCUT2D eigenvalue weighted by atomic mass is 9.85. The maximum absolute atomic E-state index is 14.1. The molecule has 0 bridgehead atoms. The van der Waals surface area contributed by atoms with Gasteiger partial charge in [-0.15, -0.1) is 21.5 Å². The monoisotopic (exact) mass is 975 g/mol. The number of nitrogens with zero attached hydrogens (tertiary/aromatic N) is 9. The molecule has 0 aliphatic carbocycles. The minimum atomic E-state index is -0.978. The molecule has 7 rings (SSSR count). The predicted molar refractivity (Wildman–Crippen MR) is 267 cm³/mol. The van der Waals surface area contributed by atoms with E-state index < -0.39 is 35.4 Å². The largest absolute Gasteiger partial charge is 0.391 e. The number of aromatic nitrogens is 6. The molecule has 5 amide bonds. The molecule has 19 nitrogen and oxygen atoms in total. The Morgan fingerprint density at radius 3 is 2.44 bits per heavy atom. The Hall–Kier alpha value is -6.64. The summed E-state index contributed by atoms with van der Waals surface area (Å²) in [6, 6.07) is 13.4. The van der Waals surface area contributed by atoms with Gasteiger partial charge in [-0.3, -0.25) is 28.9 Å². The van der Waals surface area contributed by atoms with Gasteiger partial charge in [0.2, 0.25) is 23.6 Å². The van der Waals surface area contributed by atoms with Crippen molar-refractivity contribution in [3.05, 3.63) is 88.4 Å². The molecule has 1 fully saturated rings. The molecular weight excluding hydrogens is 911 g/mol. The molecule has 1 aromatic carbocycles. The first kappa shape index (κ1) is 51.2. The number of thiazole rings is 1. The van der Waals surface area contributed by atoms with Gasteiger partial charge in [0.15, 0.2) is 5.82 Å². The number of fused-ring (bicyclic) bond motifs is 1. The molecule has 6 heterocycles. The molecule has 1 saturated heterocycles. The summed E-state index contributed by atoms with van der Waals surface area (Å²) in [4.78, 5) is 87.9. The smallest absolute Gasteiger partial charge is 0.260 e. The average molecular weight is 976 g/mol. The number of rotatable bonds is 20. The minimum Gasteiger partial charge on any atom is -0.391 e. The Labute approximate surface area is 412 Å². The number of anilines is 2. The molecule has 20 heteroatoms. The van der Waals surface area contributed by atoms with Crippen LogP contribution in [0.5, 0.6) is 0 Å². The molecule has 5 N–H and O–H groups in total. The summed E-state index contributed by atoms with van der Waals surface area (Å²) in [5, 5.41) is 30.9. The van der Waals surface area contributed by atoms with Gasteiger partial charge in [-0.05, 0) is 68.9 Å². The van der Waals surface area contributed by atoms with Crippen LogP contribution in [0.25, 0.3) is 22.0 Å². The van der Waals surface area contributed by atoms with Crippen LogP contribution in [-0.2, 0) is 45.4 Å². The summed E-state index contributed by atoms with van der Waals surface area (Å²) in [5.74, 6) is 0.165. The summed E-state index contributed by atoms with van der Waals surface area (Å²) >= 11 is 1.57. The van der Waals surface area contributed by atoms with Crippen molar-refractivity contribution in [1.29, 1.82) is 0 Å². The van der Waals surface area contributed by atoms with Crippen molar-refractivity contribution < 1.29 is 29.1 Å². The fourth-order valence-corrected chi connectivity index (χ4v) is 9.33. The van der Waals surface area contributed by atoms with Crippen molar-refractivity contribution in [2.75, 3.05) is 36.5 Å². The number of carbonyl (C=O) groups is 5. The van der Waals surface area contributed by atoms with E-state index in [0.717, 1.165) is 33.0 Å². The standard InChI is InChI=1S/C50H65N13O6S/c1-9-61-28-55-59-46(61)37-12-10-13-40(56-37)63-27-36-35(48(63)68)23-41(60(8)30(2)3)57-38(36)25-51-20-21-52-42(65)14-11-15-43(66)58-45(50(5,6)7)49(69)62-26-34(64)22-39(62)47(67)53-24-32-16-18-33(19-17-32)44-31(4)54-29-70-44/h10,12-13,16-19,23,28-30,34,39,45,51,64H,9,11,14-15,20-22,24-27H2,1-8H3,(H,52,65)(H,53,67)(H,58,66)/t34-,39+,45-/m1/s1. The maximum atomic E-state index is 14.1. The van der Waals surface area contributed by atoms with Gasteiger partial charge in [0.05, 0.1) is 40.0 Å². The van der Waals surface area contributed by atoms with Crippen molar-refractivity contribution in [3.8, 4) is 22.0 Å². The number of amides is 5. The summed E-state index contributed by atoms with van der Waals surface area (Å²) in [6.07, 6.45) is 1.20. The van der Waals surface area contributed by atoms with E-state index in [-0.39, 0.29) is 62.5 Å². The van der Waals surface area contributed by atoms with E-state index in [2.05, 4.69) is 50.3 Å². The first-order valence-corrected chi connectivity index (χ1v) is 24.8. The first-order valence-electron chi connectivity index (χ1n) is 23.9. The van der Waals surface area contributed by atoms with Crippen LogP contribution in [0.2, 0.25) is 0 Å². The summed E-state index contributed by atoms with van der Waals surface area (Å²) in [7, 11) is 1.94. The van der Waals surface area contributed by atoms with Crippen LogP contribution in [-0.4, -0.2) is 120 Å². The zero-order valence-corrected chi connectivity index (χ0v) is 42.1. The molecule has 0 saturated carbocycles. The van der Waals surface area contributed by atoms with Gasteiger partial charge in [-0.25, -0.2) is 15.0 Å². The van der Waals surface area contributed by atoms with Gasteiger partial charge >= 0.3 is 0 Å². The Bertz CT molecular complexity index is 2680. The Kier molecular flexibility index (Phi) is 16.4. The van der Waals surface area contributed by atoms with Gasteiger partial charge in [0.1, 0.15) is 35.7 Å². The van der Waals surface area contributed by atoms with E-state index >= 15 is 0 Å². The second-order valence-corrected chi connectivity index (χ2v) is 20.0. The van der Waals surface area contributed by atoms with E-state index in [9.17, 15) is 29.1 Å². The van der Waals surface area contributed by atoms with E-state index in [1.54, 1.807) is 28.6 Å². The summed E-state index contributed by atoms with van der Waals surface area (Å²) in [5.41, 5.74) is 6.67. The Morgan fingerprint density at radius 1 is 0.986 bits per heavy atom. The van der Waals surface area contributed by atoms with Crippen molar-refractivity contribution in [2.45, 2.75) is 125 Å². The number of carbonyl (C=O) groups excluding carboxylic acids is 5. The number of hydrogen-bond acceptors (Lipinski definition) is 14. The number of β-amino-alcohol motifs (C(OH)–C–C–N with tert-alkyl or cyclic N) is 1. The molecule has 70 heavy (non-hydrogen) atoms. The van der Waals surface area contributed by atoms with Crippen LogP contribution in [0.1, 0.15) is 100 Å². The molecule has 2 aliphatic rings. The van der Waals surface area contributed by atoms with Crippen LogP contribution in [0.3, 0.4) is 0 Å². The minimum absolute atomic E-state index is 0.00721. The highest BCUT2D eigenvalue weighted by molar-refractivity contribution is 7.13. The van der Waals surface area contributed by atoms with E-state index in [1.807, 2.05) is 99.1 Å². The van der Waals surface area contributed by atoms with Gasteiger partial charge in [-0.2, -0.15) is 0 Å². The molecule has 0 spiro atoms. The van der Waals surface area contributed by atoms with Crippen LogP contribution >= 0.6 is 11.3 Å². The third-order valence-electron chi connectivity index (χ3n) is 12.8. The van der Waals surface area contributed by atoms with Crippen LogP contribution < -0.4 is 31.1 Å². The number of likely N-dealkylation sites (tertiary alicyclic amines) is 1.